The van der Waals surface area contributed by atoms with Gasteiger partial charge in [-0.1, -0.05) is 36.4 Å². The van der Waals surface area contributed by atoms with Crippen LogP contribution >= 0.6 is 38.5 Å². The van der Waals surface area contributed by atoms with Gasteiger partial charge in [0.05, 0.1) is 19.7 Å². The fraction of sp³-hybridized carbons (Fsp3) is 0.0800. The standard InChI is InChI=1S/C25H17BrIN3O2/c1-16-6-2-5-9-23(16)30-25(31)20(14-29)10-17-11-21(26)24(22(27)12-17)32-15-19-8-4-3-7-18(19)13-28/h2-12H,15H2,1H3,(H,30,31)/b20-10-. The monoisotopic (exact) mass is 597 g/mol. The minimum atomic E-state index is -0.471. The molecular weight excluding hydrogens is 581 g/mol. The number of rotatable bonds is 6. The molecule has 0 saturated carbocycles. The van der Waals surface area contributed by atoms with Crippen LogP contribution in [-0.2, 0) is 11.4 Å². The minimum Gasteiger partial charge on any atom is -0.487 e. The molecule has 0 fully saturated rings. The van der Waals surface area contributed by atoms with E-state index in [2.05, 4.69) is 49.9 Å². The SMILES string of the molecule is Cc1ccccc1NC(=O)/C(C#N)=C\c1cc(Br)c(OCc2ccccc2C#N)c(I)c1. The van der Waals surface area contributed by atoms with Gasteiger partial charge in [0.2, 0.25) is 0 Å². The smallest absolute Gasteiger partial charge is 0.266 e. The van der Waals surface area contributed by atoms with Gasteiger partial charge >= 0.3 is 0 Å². The van der Waals surface area contributed by atoms with Gasteiger partial charge in [0.15, 0.2) is 0 Å². The first-order chi connectivity index (χ1) is 15.4. The number of amides is 1. The highest BCUT2D eigenvalue weighted by atomic mass is 127. The van der Waals surface area contributed by atoms with E-state index in [1.165, 1.54) is 6.08 Å². The molecule has 0 heterocycles. The average molecular weight is 598 g/mol. The van der Waals surface area contributed by atoms with Gasteiger partial charge in [-0.3, -0.25) is 4.79 Å². The molecule has 0 aliphatic rings. The summed E-state index contributed by atoms with van der Waals surface area (Å²) in [5, 5.41) is 21.5. The number of benzene rings is 3. The number of ether oxygens (including phenoxy) is 1. The molecule has 158 valence electrons. The van der Waals surface area contributed by atoms with Gasteiger partial charge in [-0.05, 0) is 86.9 Å². The number of halogens is 2. The number of carbonyl (C=O) groups excluding carboxylic acids is 1. The summed E-state index contributed by atoms with van der Waals surface area (Å²) in [7, 11) is 0. The molecule has 3 aromatic rings. The van der Waals surface area contributed by atoms with Crippen molar-refractivity contribution in [3.05, 3.63) is 96.5 Å². The molecule has 3 aromatic carbocycles. The van der Waals surface area contributed by atoms with Crippen LogP contribution in [-0.4, -0.2) is 5.91 Å². The maximum atomic E-state index is 12.6. The fourth-order valence-electron chi connectivity index (χ4n) is 2.92. The van der Waals surface area contributed by atoms with Crippen molar-refractivity contribution in [2.45, 2.75) is 13.5 Å². The summed E-state index contributed by atoms with van der Waals surface area (Å²) in [5.41, 5.74) is 3.61. The van der Waals surface area contributed by atoms with Crippen molar-refractivity contribution in [2.75, 3.05) is 5.32 Å². The second kappa shape index (κ2) is 10.9. The zero-order valence-electron chi connectivity index (χ0n) is 17.0. The molecule has 5 nitrogen and oxygen atoms in total. The molecule has 0 bridgehead atoms. The van der Waals surface area contributed by atoms with E-state index in [1.54, 1.807) is 18.2 Å². The normalized spacial score (nSPS) is 10.7. The third kappa shape index (κ3) is 5.76. The molecule has 0 aliphatic carbocycles. The number of hydrogen-bond acceptors (Lipinski definition) is 4. The summed E-state index contributed by atoms with van der Waals surface area (Å²) in [4.78, 5) is 12.6. The van der Waals surface area contributed by atoms with Crippen molar-refractivity contribution in [1.29, 1.82) is 10.5 Å². The van der Waals surface area contributed by atoms with E-state index in [-0.39, 0.29) is 12.2 Å². The van der Waals surface area contributed by atoms with Crippen molar-refractivity contribution < 1.29 is 9.53 Å². The Labute approximate surface area is 208 Å². The second-order valence-corrected chi connectivity index (χ2v) is 8.83. The lowest BCUT2D eigenvalue weighted by Crippen LogP contribution is -2.14. The first-order valence-electron chi connectivity index (χ1n) is 9.51. The zero-order valence-corrected chi connectivity index (χ0v) is 20.8. The Bertz CT molecular complexity index is 1270. The summed E-state index contributed by atoms with van der Waals surface area (Å²) in [6, 6.07) is 22.4. The molecule has 32 heavy (non-hydrogen) atoms. The van der Waals surface area contributed by atoms with Crippen LogP contribution in [0, 0.1) is 33.2 Å². The molecule has 7 heteroatoms. The van der Waals surface area contributed by atoms with Gasteiger partial charge in [0, 0.05) is 11.3 Å². The average Bonchev–Trinajstić information content (AvgIpc) is 2.78. The van der Waals surface area contributed by atoms with Crippen LogP contribution in [0.5, 0.6) is 5.75 Å². The van der Waals surface area contributed by atoms with Crippen LogP contribution in [0.1, 0.15) is 22.3 Å². The Morgan fingerprint density at radius 1 is 1.16 bits per heavy atom. The number of hydrogen-bond donors (Lipinski definition) is 1. The molecule has 1 amide bonds. The van der Waals surface area contributed by atoms with Crippen molar-refractivity contribution in [1.82, 2.24) is 0 Å². The largest absolute Gasteiger partial charge is 0.487 e. The van der Waals surface area contributed by atoms with Gasteiger partial charge in [-0.15, -0.1) is 0 Å². The fourth-order valence-corrected chi connectivity index (χ4v) is 4.69. The summed E-state index contributed by atoms with van der Waals surface area (Å²) in [5.74, 6) is 0.153. The topological polar surface area (TPSA) is 85.9 Å². The first-order valence-corrected chi connectivity index (χ1v) is 11.4. The summed E-state index contributed by atoms with van der Waals surface area (Å²) >= 11 is 5.65. The number of carbonyl (C=O) groups is 1. The molecule has 0 unspecified atom stereocenters. The van der Waals surface area contributed by atoms with Crippen LogP contribution in [0.4, 0.5) is 5.69 Å². The van der Waals surface area contributed by atoms with Crippen molar-refractivity contribution in [2.24, 2.45) is 0 Å². The quantitative estimate of drug-likeness (QED) is 0.204. The number of para-hydroxylation sites is 1. The van der Waals surface area contributed by atoms with Crippen LogP contribution < -0.4 is 10.1 Å². The molecule has 0 spiro atoms. The van der Waals surface area contributed by atoms with E-state index in [4.69, 9.17) is 4.74 Å². The Kier molecular flexibility index (Phi) is 8.04. The Morgan fingerprint density at radius 3 is 2.56 bits per heavy atom. The second-order valence-electron chi connectivity index (χ2n) is 6.81. The number of nitriles is 2. The predicted molar refractivity (Wildman–Crippen MR) is 136 cm³/mol. The Balaban J connectivity index is 1.80. The van der Waals surface area contributed by atoms with Crippen LogP contribution in [0.2, 0.25) is 0 Å². The molecule has 0 atom stereocenters. The van der Waals surface area contributed by atoms with Crippen LogP contribution in [0.25, 0.3) is 6.08 Å². The van der Waals surface area contributed by atoms with E-state index in [9.17, 15) is 15.3 Å². The third-order valence-corrected chi connectivity index (χ3v) is 5.99. The third-order valence-electron chi connectivity index (χ3n) is 4.60. The maximum Gasteiger partial charge on any atom is 0.266 e. The lowest BCUT2D eigenvalue weighted by atomic mass is 10.1. The zero-order chi connectivity index (χ0) is 23.1. The van der Waals surface area contributed by atoms with E-state index < -0.39 is 5.91 Å². The molecule has 0 aromatic heterocycles. The minimum absolute atomic E-state index is 0.00688. The van der Waals surface area contributed by atoms with Crippen LogP contribution in [0.15, 0.2) is 70.7 Å². The molecule has 3 rings (SSSR count). The number of nitrogens with zero attached hydrogens (tertiary/aromatic N) is 2. The van der Waals surface area contributed by atoms with Gasteiger partial charge in [-0.2, -0.15) is 10.5 Å². The molecular formula is C25H17BrIN3O2. The highest BCUT2D eigenvalue weighted by Gasteiger charge is 2.14. The van der Waals surface area contributed by atoms with Crippen molar-refractivity contribution in [3.63, 3.8) is 0 Å². The Morgan fingerprint density at radius 2 is 1.88 bits per heavy atom. The summed E-state index contributed by atoms with van der Waals surface area (Å²) in [6.45, 7) is 2.13. The highest BCUT2D eigenvalue weighted by Crippen LogP contribution is 2.33. The van der Waals surface area contributed by atoms with Gasteiger partial charge in [0.1, 0.15) is 24.0 Å². The number of anilines is 1. The van der Waals surface area contributed by atoms with E-state index >= 15 is 0 Å². The lowest BCUT2D eigenvalue weighted by Gasteiger charge is -2.12. The lowest BCUT2D eigenvalue weighted by molar-refractivity contribution is -0.112. The van der Waals surface area contributed by atoms with Gasteiger partial charge < -0.3 is 10.1 Å². The maximum absolute atomic E-state index is 12.6. The number of nitrogens with one attached hydrogen (secondary N) is 1. The predicted octanol–water partition coefficient (Wildman–Crippen LogP) is 6.36. The number of aryl methyl sites for hydroxylation is 1. The van der Waals surface area contributed by atoms with Crippen LogP contribution in [0.3, 0.4) is 0 Å². The summed E-state index contributed by atoms with van der Waals surface area (Å²) in [6.07, 6.45) is 1.54. The van der Waals surface area contributed by atoms with Crippen molar-refractivity contribution in [3.8, 4) is 17.9 Å². The Hall–Kier alpha value is -3.14. The van der Waals surface area contributed by atoms with E-state index in [0.717, 1.165) is 14.7 Å². The molecule has 1 N–H and O–H groups in total. The first kappa shape index (κ1) is 23.5. The van der Waals surface area contributed by atoms with Gasteiger partial charge in [0.25, 0.3) is 5.91 Å². The van der Waals surface area contributed by atoms with Crippen molar-refractivity contribution >= 4 is 56.2 Å². The molecule has 0 radical (unpaired) electrons. The highest BCUT2D eigenvalue weighted by molar-refractivity contribution is 14.1. The molecule has 0 aliphatic heterocycles. The van der Waals surface area contributed by atoms with E-state index in [0.29, 0.717) is 27.0 Å². The molecule has 0 saturated heterocycles. The summed E-state index contributed by atoms with van der Waals surface area (Å²) < 4.78 is 7.43. The van der Waals surface area contributed by atoms with Gasteiger partial charge in [-0.25, -0.2) is 0 Å². The van der Waals surface area contributed by atoms with E-state index in [1.807, 2.05) is 55.5 Å².